The van der Waals surface area contributed by atoms with Crippen LogP contribution in [0.15, 0.2) is 47.0 Å². The third-order valence-electron chi connectivity index (χ3n) is 5.35. The lowest BCUT2D eigenvalue weighted by Gasteiger charge is -2.23. The number of carbonyl (C=O) groups excluding carboxylic acids is 1. The molecule has 8 heteroatoms. The van der Waals surface area contributed by atoms with E-state index >= 15 is 0 Å². The number of fused-ring (bicyclic) bond motifs is 1. The van der Waals surface area contributed by atoms with Crippen LogP contribution >= 0.6 is 0 Å². The Balaban J connectivity index is 1.61. The summed E-state index contributed by atoms with van der Waals surface area (Å²) in [7, 11) is 4.79. The number of nitrogens with zero attached hydrogens (tertiary/aromatic N) is 3. The van der Waals surface area contributed by atoms with E-state index in [0.717, 1.165) is 16.8 Å². The molecule has 8 nitrogen and oxygen atoms in total. The van der Waals surface area contributed by atoms with Crippen molar-refractivity contribution in [3.63, 3.8) is 0 Å². The molecule has 4 rings (SSSR count). The van der Waals surface area contributed by atoms with Crippen LogP contribution in [0.25, 0.3) is 0 Å². The maximum Gasteiger partial charge on any atom is 0.250 e. The molecule has 1 aliphatic rings. The average molecular weight is 423 g/mol. The third-order valence-corrected chi connectivity index (χ3v) is 5.35. The molecule has 0 spiro atoms. The summed E-state index contributed by atoms with van der Waals surface area (Å²) in [6.45, 7) is 0.506. The maximum atomic E-state index is 13.4. The van der Waals surface area contributed by atoms with Crippen molar-refractivity contribution in [2.45, 2.75) is 25.3 Å². The van der Waals surface area contributed by atoms with Gasteiger partial charge in [-0.1, -0.05) is 29.4 Å². The first-order valence-electron chi connectivity index (χ1n) is 10.1. The van der Waals surface area contributed by atoms with Crippen molar-refractivity contribution >= 4 is 11.6 Å². The fraction of sp³-hybridized carbons (Fsp3) is 0.348. The van der Waals surface area contributed by atoms with Gasteiger partial charge in [-0.15, -0.1) is 0 Å². The SMILES string of the molecule is COCCc1noc(C2Cc3ccccc3N2C(=O)Cc2ccc(OC)c(OC)c2)n1. The molecule has 1 amide bonds. The second-order valence-corrected chi connectivity index (χ2v) is 7.27. The standard InChI is InChI=1S/C23H25N3O5/c1-28-11-10-21-24-23(31-25-21)18-14-16-6-4-5-7-17(16)26(18)22(27)13-15-8-9-19(29-2)20(12-15)30-3/h4-9,12,18H,10-11,13-14H2,1-3H3. The Morgan fingerprint density at radius 3 is 2.71 bits per heavy atom. The summed E-state index contributed by atoms with van der Waals surface area (Å²) >= 11 is 0. The molecule has 1 aromatic heterocycles. The van der Waals surface area contributed by atoms with Gasteiger partial charge in [0.1, 0.15) is 6.04 Å². The molecule has 0 radical (unpaired) electrons. The largest absolute Gasteiger partial charge is 0.493 e. The molecule has 3 aromatic rings. The van der Waals surface area contributed by atoms with Crippen LogP contribution in [0, 0.1) is 0 Å². The van der Waals surface area contributed by atoms with Crippen LogP contribution in [0.1, 0.15) is 28.9 Å². The molecule has 1 aliphatic heterocycles. The highest BCUT2D eigenvalue weighted by Gasteiger charge is 2.38. The molecule has 2 aromatic carbocycles. The fourth-order valence-electron chi connectivity index (χ4n) is 3.84. The summed E-state index contributed by atoms with van der Waals surface area (Å²) < 4.78 is 21.3. The van der Waals surface area contributed by atoms with Gasteiger partial charge in [0.05, 0.1) is 27.2 Å². The molecule has 0 aliphatic carbocycles. The van der Waals surface area contributed by atoms with Gasteiger partial charge in [0.2, 0.25) is 11.8 Å². The fourth-order valence-corrected chi connectivity index (χ4v) is 3.84. The van der Waals surface area contributed by atoms with E-state index in [2.05, 4.69) is 10.1 Å². The number of para-hydroxylation sites is 1. The van der Waals surface area contributed by atoms with Crippen molar-refractivity contribution in [1.82, 2.24) is 10.1 Å². The quantitative estimate of drug-likeness (QED) is 0.550. The Morgan fingerprint density at radius 2 is 1.94 bits per heavy atom. The van der Waals surface area contributed by atoms with E-state index in [-0.39, 0.29) is 18.4 Å². The normalized spacial score (nSPS) is 15.1. The zero-order valence-corrected chi connectivity index (χ0v) is 17.8. The van der Waals surface area contributed by atoms with Crippen LogP contribution in [-0.2, 0) is 28.8 Å². The van der Waals surface area contributed by atoms with E-state index in [1.54, 1.807) is 32.3 Å². The number of benzene rings is 2. The van der Waals surface area contributed by atoms with E-state index in [0.29, 0.717) is 42.7 Å². The number of methoxy groups -OCH3 is 3. The summed E-state index contributed by atoms with van der Waals surface area (Å²) in [6, 6.07) is 13.0. The zero-order chi connectivity index (χ0) is 21.8. The Bertz CT molecular complexity index is 1060. The minimum atomic E-state index is -0.339. The molecule has 162 valence electrons. The van der Waals surface area contributed by atoms with Gasteiger partial charge >= 0.3 is 0 Å². The number of anilines is 1. The van der Waals surface area contributed by atoms with Crippen LogP contribution < -0.4 is 14.4 Å². The van der Waals surface area contributed by atoms with Crippen molar-refractivity contribution in [3.8, 4) is 11.5 Å². The highest BCUT2D eigenvalue weighted by Crippen LogP contribution is 2.40. The minimum Gasteiger partial charge on any atom is -0.493 e. The number of hydrogen-bond acceptors (Lipinski definition) is 7. The molecule has 1 atom stereocenters. The van der Waals surface area contributed by atoms with E-state index in [4.69, 9.17) is 18.7 Å². The van der Waals surface area contributed by atoms with Gasteiger partial charge < -0.3 is 18.7 Å². The first kappa shape index (κ1) is 20.9. The molecule has 0 saturated heterocycles. The number of ether oxygens (including phenoxy) is 3. The molecule has 0 N–H and O–H groups in total. The molecule has 0 bridgehead atoms. The molecule has 31 heavy (non-hydrogen) atoms. The number of hydrogen-bond donors (Lipinski definition) is 0. The topological polar surface area (TPSA) is 86.9 Å². The Labute approximate surface area is 180 Å². The zero-order valence-electron chi connectivity index (χ0n) is 17.8. The predicted molar refractivity (Wildman–Crippen MR) is 114 cm³/mol. The first-order chi connectivity index (χ1) is 15.1. The number of carbonyl (C=O) groups is 1. The molecular formula is C23H25N3O5. The highest BCUT2D eigenvalue weighted by molar-refractivity contribution is 5.97. The second-order valence-electron chi connectivity index (χ2n) is 7.27. The van der Waals surface area contributed by atoms with E-state index in [1.165, 1.54) is 0 Å². The number of aromatic nitrogens is 2. The summed E-state index contributed by atoms with van der Waals surface area (Å²) in [5, 5.41) is 4.05. The van der Waals surface area contributed by atoms with Crippen LogP contribution in [0.4, 0.5) is 5.69 Å². The Morgan fingerprint density at radius 1 is 1.13 bits per heavy atom. The smallest absolute Gasteiger partial charge is 0.250 e. The lowest BCUT2D eigenvalue weighted by Crippen LogP contribution is -2.33. The van der Waals surface area contributed by atoms with Crippen LogP contribution in [0.3, 0.4) is 0 Å². The average Bonchev–Trinajstić information content (AvgIpc) is 3.42. The lowest BCUT2D eigenvalue weighted by molar-refractivity contribution is -0.118. The van der Waals surface area contributed by atoms with Gasteiger partial charge in [-0.25, -0.2) is 0 Å². The first-order valence-corrected chi connectivity index (χ1v) is 10.1. The number of amides is 1. The van der Waals surface area contributed by atoms with Crippen molar-refractivity contribution in [2.75, 3.05) is 32.8 Å². The van der Waals surface area contributed by atoms with Gasteiger partial charge in [-0.3, -0.25) is 9.69 Å². The summed E-state index contributed by atoms with van der Waals surface area (Å²) in [5.74, 6) is 2.16. The van der Waals surface area contributed by atoms with Crippen LogP contribution in [0.5, 0.6) is 11.5 Å². The van der Waals surface area contributed by atoms with Gasteiger partial charge in [0, 0.05) is 25.6 Å². The molecule has 2 heterocycles. The third kappa shape index (κ3) is 4.25. The maximum absolute atomic E-state index is 13.4. The highest BCUT2D eigenvalue weighted by atomic mass is 16.5. The van der Waals surface area contributed by atoms with E-state index < -0.39 is 0 Å². The summed E-state index contributed by atoms with van der Waals surface area (Å²) in [4.78, 5) is 19.7. The second kappa shape index (κ2) is 9.18. The Kier molecular flexibility index (Phi) is 6.18. The van der Waals surface area contributed by atoms with Gasteiger partial charge in [-0.2, -0.15) is 4.98 Å². The molecule has 0 fully saturated rings. The molecular weight excluding hydrogens is 398 g/mol. The molecule has 0 saturated carbocycles. The van der Waals surface area contributed by atoms with E-state index in [1.807, 2.05) is 36.4 Å². The van der Waals surface area contributed by atoms with Crippen molar-refractivity contribution < 1.29 is 23.5 Å². The lowest BCUT2D eigenvalue weighted by atomic mass is 10.1. The monoisotopic (exact) mass is 423 g/mol. The minimum absolute atomic E-state index is 0.0567. The molecule has 1 unspecified atom stereocenters. The van der Waals surface area contributed by atoms with Gasteiger partial charge in [0.25, 0.3) is 0 Å². The van der Waals surface area contributed by atoms with Crippen LogP contribution in [-0.4, -0.2) is 44.0 Å². The van der Waals surface area contributed by atoms with E-state index in [9.17, 15) is 4.79 Å². The Hall–Kier alpha value is -3.39. The summed E-state index contributed by atoms with van der Waals surface area (Å²) in [5.41, 5.74) is 2.77. The van der Waals surface area contributed by atoms with Crippen LogP contribution in [0.2, 0.25) is 0 Å². The van der Waals surface area contributed by atoms with Crippen molar-refractivity contribution in [2.24, 2.45) is 0 Å². The van der Waals surface area contributed by atoms with Gasteiger partial charge in [0.15, 0.2) is 17.3 Å². The van der Waals surface area contributed by atoms with Crippen molar-refractivity contribution in [1.29, 1.82) is 0 Å². The predicted octanol–water partition coefficient (Wildman–Crippen LogP) is 3.15. The summed E-state index contributed by atoms with van der Waals surface area (Å²) in [6.07, 6.45) is 1.38. The van der Waals surface area contributed by atoms with Crippen molar-refractivity contribution in [3.05, 3.63) is 65.3 Å². The number of rotatable bonds is 8. The van der Waals surface area contributed by atoms with Gasteiger partial charge in [-0.05, 0) is 29.3 Å².